The Balaban J connectivity index is 0.00000372. The average Bonchev–Trinajstić information content (AvgIpc) is 3.69. The zero-order valence-corrected chi connectivity index (χ0v) is 22.2. The number of aromatic nitrogens is 1. The van der Waals surface area contributed by atoms with Gasteiger partial charge >= 0.3 is 0 Å². The fraction of sp³-hybridized carbons (Fsp3) is 0.370. The van der Waals surface area contributed by atoms with Crippen molar-refractivity contribution in [2.45, 2.75) is 47.3 Å². The summed E-state index contributed by atoms with van der Waals surface area (Å²) in [5.74, 6) is 1.68. The van der Waals surface area contributed by atoms with Gasteiger partial charge in [-0.05, 0) is 41.9 Å². The zero-order chi connectivity index (χ0) is 28.6. The highest BCUT2D eigenvalue weighted by Crippen LogP contribution is 2.41. The number of nitrogens with two attached hydrogens (primary N) is 2. The van der Waals surface area contributed by atoms with Crippen LogP contribution < -0.4 is 16.2 Å². The molecule has 1 aromatic heterocycles. The smallest absolute Gasteiger partial charge is 0.280 e. The van der Waals surface area contributed by atoms with Crippen molar-refractivity contribution in [1.82, 2.24) is 4.98 Å². The van der Waals surface area contributed by atoms with Gasteiger partial charge in [-0.15, -0.1) is 12.3 Å². The number of amides is 1. The summed E-state index contributed by atoms with van der Waals surface area (Å²) < 4.78 is 37.4. The lowest BCUT2D eigenvalue weighted by Crippen LogP contribution is -2.18. The first-order valence-corrected chi connectivity index (χ1v) is 12.4. The van der Waals surface area contributed by atoms with Crippen molar-refractivity contribution >= 4 is 33.8 Å². The van der Waals surface area contributed by atoms with Crippen molar-refractivity contribution in [2.75, 3.05) is 7.11 Å². The van der Waals surface area contributed by atoms with E-state index in [1.807, 2.05) is 13.8 Å². The molecular weight excluding hydrogens is 526 g/mol. The molecule has 1 aliphatic carbocycles. The highest BCUT2D eigenvalue weighted by molar-refractivity contribution is 8.26. The number of benzene rings is 1. The number of rotatable bonds is 7. The molecule has 12 heteroatoms. The third-order valence-corrected chi connectivity index (χ3v) is 6.12. The predicted octanol–water partition coefficient (Wildman–Crippen LogP) is 6.01. The molecule has 39 heavy (non-hydrogen) atoms. The quantitative estimate of drug-likeness (QED) is 0.139. The standard InChI is InChI=1S/C24H24F2N6O3S.C2H6.CH4.H2/c1-4-12-7-15(12)22(29)36-24(30)32-23(33)14-6-5-13(21(28)35-11(2)27)8-16(14)17-9-18(20(25)26)31-10-19(17)34-3;1-2;;/h1,5-6,8-10,12,15,20-21,27,29H,7,28H2,2-3H3,(H2,30,32,33);1-2H3;1H4;1H/t12-,15-,21?;;;/m0.../s1. The van der Waals surface area contributed by atoms with E-state index in [1.165, 1.54) is 32.2 Å². The summed E-state index contributed by atoms with van der Waals surface area (Å²) in [4.78, 5) is 20.7. The van der Waals surface area contributed by atoms with E-state index in [0.29, 0.717) is 12.0 Å². The zero-order valence-electron chi connectivity index (χ0n) is 21.4. The second kappa shape index (κ2) is 14.9. The second-order valence-electron chi connectivity index (χ2n) is 7.85. The molecule has 6 N–H and O–H groups in total. The van der Waals surface area contributed by atoms with Gasteiger partial charge in [-0.25, -0.2) is 8.78 Å². The van der Waals surface area contributed by atoms with Gasteiger partial charge in [-0.2, -0.15) is 4.99 Å². The van der Waals surface area contributed by atoms with Crippen LogP contribution in [-0.2, 0) is 4.74 Å². The second-order valence-corrected chi connectivity index (χ2v) is 8.91. The predicted molar refractivity (Wildman–Crippen MR) is 154 cm³/mol. The van der Waals surface area contributed by atoms with Gasteiger partial charge in [-0.3, -0.25) is 26.3 Å². The minimum absolute atomic E-state index is 0. The van der Waals surface area contributed by atoms with Crippen molar-refractivity contribution in [1.29, 1.82) is 10.8 Å². The normalized spacial score (nSPS) is 16.5. The van der Waals surface area contributed by atoms with Gasteiger partial charge in [0.1, 0.15) is 11.4 Å². The van der Waals surface area contributed by atoms with Crippen LogP contribution in [0.3, 0.4) is 0 Å². The first-order valence-electron chi connectivity index (χ1n) is 11.6. The Morgan fingerprint density at radius 1 is 1.31 bits per heavy atom. The molecule has 1 heterocycles. The van der Waals surface area contributed by atoms with Crippen molar-refractivity contribution in [2.24, 2.45) is 28.3 Å². The van der Waals surface area contributed by atoms with Crippen LogP contribution in [0.25, 0.3) is 11.1 Å². The molecule has 0 aliphatic heterocycles. The Morgan fingerprint density at radius 3 is 2.51 bits per heavy atom. The highest BCUT2D eigenvalue weighted by Gasteiger charge is 2.39. The molecule has 0 saturated heterocycles. The minimum Gasteiger partial charge on any atom is -0.494 e. The van der Waals surface area contributed by atoms with Crippen molar-refractivity contribution in [3.05, 3.63) is 47.3 Å². The molecule has 212 valence electrons. The van der Waals surface area contributed by atoms with Crippen LogP contribution in [0, 0.1) is 35.0 Å². The lowest BCUT2D eigenvalue weighted by molar-refractivity contribution is 0.100. The molecule has 3 rings (SSSR count). The van der Waals surface area contributed by atoms with Gasteiger partial charge in [0, 0.05) is 36.9 Å². The molecule has 1 amide bonds. The summed E-state index contributed by atoms with van der Waals surface area (Å²) in [5.41, 5.74) is 12.1. The Morgan fingerprint density at radius 2 is 1.97 bits per heavy atom. The van der Waals surface area contributed by atoms with Crippen LogP contribution in [0.5, 0.6) is 5.75 Å². The van der Waals surface area contributed by atoms with E-state index in [9.17, 15) is 13.6 Å². The first kappa shape index (κ1) is 33.2. The van der Waals surface area contributed by atoms with Gasteiger partial charge in [0.2, 0.25) is 0 Å². The summed E-state index contributed by atoms with van der Waals surface area (Å²) in [6, 6.07) is 5.48. The maximum absolute atomic E-state index is 13.4. The fourth-order valence-corrected chi connectivity index (χ4v) is 4.16. The van der Waals surface area contributed by atoms with E-state index in [-0.39, 0.29) is 59.2 Å². The number of aliphatic imine (C=N–C) groups is 1. The number of thioether (sulfide) groups is 1. The molecule has 1 aliphatic rings. The molecule has 0 spiro atoms. The number of nitrogens with zero attached hydrogens (tertiary/aromatic N) is 2. The molecule has 0 radical (unpaired) electrons. The summed E-state index contributed by atoms with van der Waals surface area (Å²) in [6.07, 6.45) is 3.26. The van der Waals surface area contributed by atoms with Gasteiger partial charge in [0.25, 0.3) is 12.3 Å². The Labute approximate surface area is 233 Å². The van der Waals surface area contributed by atoms with Crippen LogP contribution in [0.4, 0.5) is 8.78 Å². The lowest BCUT2D eigenvalue weighted by Gasteiger charge is -2.18. The summed E-state index contributed by atoms with van der Waals surface area (Å²) in [7, 11) is 1.33. The molecule has 1 unspecified atom stereocenters. The van der Waals surface area contributed by atoms with Crippen LogP contribution in [0.15, 0.2) is 35.5 Å². The average molecular weight is 563 g/mol. The number of carbonyl (C=O) groups excluding carboxylic acids is 1. The third kappa shape index (κ3) is 8.59. The van der Waals surface area contributed by atoms with Crippen LogP contribution in [0.1, 0.15) is 70.3 Å². The van der Waals surface area contributed by atoms with Crippen molar-refractivity contribution < 1.29 is 24.5 Å². The van der Waals surface area contributed by atoms with E-state index >= 15 is 0 Å². The molecule has 1 fully saturated rings. The number of alkyl halides is 2. The highest BCUT2D eigenvalue weighted by atomic mass is 32.2. The van der Waals surface area contributed by atoms with Gasteiger partial charge in [0.05, 0.1) is 18.4 Å². The first-order chi connectivity index (χ1) is 18.0. The van der Waals surface area contributed by atoms with E-state index in [1.54, 1.807) is 0 Å². The Hall–Kier alpha value is -3.82. The SMILES string of the molecule is C.C#C[C@H]1C[C@@H]1C(=N)SC(N)=NC(=O)c1ccc(C(N)OC(C)=N)cc1-c1cc(C(F)F)ncc1OC.CC.[HH]. The molecule has 0 bridgehead atoms. The van der Waals surface area contributed by atoms with Gasteiger partial charge in [-0.1, -0.05) is 27.3 Å². The summed E-state index contributed by atoms with van der Waals surface area (Å²) >= 11 is 0.840. The van der Waals surface area contributed by atoms with Crippen LogP contribution in [0.2, 0.25) is 0 Å². The molecular formula is C27H36F2N6O3S. The Bertz CT molecular complexity index is 1290. The number of nitrogens with one attached hydrogen (secondary N) is 2. The number of amidine groups is 1. The minimum atomic E-state index is -2.87. The van der Waals surface area contributed by atoms with E-state index < -0.39 is 24.3 Å². The topological polar surface area (TPSA) is 161 Å². The molecule has 2 aromatic rings. The number of hydrogen-bond donors (Lipinski definition) is 4. The monoisotopic (exact) mass is 562 g/mol. The number of ether oxygens (including phenoxy) is 2. The maximum atomic E-state index is 13.4. The number of pyridine rings is 1. The van der Waals surface area contributed by atoms with E-state index in [4.69, 9.17) is 38.2 Å². The van der Waals surface area contributed by atoms with Gasteiger partial charge < -0.3 is 15.2 Å². The van der Waals surface area contributed by atoms with Crippen molar-refractivity contribution in [3.8, 4) is 29.2 Å². The van der Waals surface area contributed by atoms with Crippen molar-refractivity contribution in [3.63, 3.8) is 0 Å². The number of terminal acetylenes is 1. The lowest BCUT2D eigenvalue weighted by atomic mass is 9.95. The van der Waals surface area contributed by atoms with Gasteiger partial charge in [0.15, 0.2) is 17.3 Å². The molecule has 1 saturated carbocycles. The maximum Gasteiger partial charge on any atom is 0.280 e. The van der Waals surface area contributed by atoms with Crippen LogP contribution in [-0.4, -0.2) is 34.1 Å². The summed E-state index contributed by atoms with van der Waals surface area (Å²) in [5, 5.41) is 15.7. The summed E-state index contributed by atoms with van der Waals surface area (Å²) in [6.45, 7) is 5.40. The number of methoxy groups -OCH3 is 1. The largest absolute Gasteiger partial charge is 0.494 e. The molecule has 3 atom stereocenters. The number of halogens is 2. The van der Waals surface area contributed by atoms with Crippen LogP contribution >= 0.6 is 11.8 Å². The number of hydrogen-bond acceptors (Lipinski definition) is 8. The van der Waals surface area contributed by atoms with E-state index in [0.717, 1.165) is 24.0 Å². The van der Waals surface area contributed by atoms with E-state index in [2.05, 4.69) is 15.9 Å². The number of carbonyl (C=O) groups is 1. The third-order valence-electron chi connectivity index (χ3n) is 5.30. The molecule has 9 nitrogen and oxygen atoms in total. The molecule has 1 aromatic carbocycles. The Kier molecular flexibility index (Phi) is 12.7. The fourth-order valence-electron chi connectivity index (χ4n) is 3.40.